The molecule has 0 heterocycles. The van der Waals surface area contributed by atoms with Gasteiger partial charge in [-0.05, 0) is 72.2 Å². The first-order valence-corrected chi connectivity index (χ1v) is 7.28. The Morgan fingerprint density at radius 2 is 2.25 bits per heavy atom. The van der Waals surface area contributed by atoms with Crippen LogP contribution >= 0.6 is 34.2 Å². The highest BCUT2D eigenvalue weighted by atomic mass is 127. The third-order valence-corrected chi connectivity index (χ3v) is 4.46. The topological polar surface area (TPSA) is 12.0 Å². The second-order valence-corrected chi connectivity index (χ2v) is 6.13. The van der Waals surface area contributed by atoms with Crippen molar-refractivity contribution in [1.82, 2.24) is 5.32 Å². The minimum Gasteiger partial charge on any atom is -0.313 e. The highest BCUT2D eigenvalue weighted by Gasteiger charge is 2.23. The van der Waals surface area contributed by atoms with E-state index in [-0.39, 0.29) is 0 Å². The van der Waals surface area contributed by atoms with Gasteiger partial charge >= 0.3 is 0 Å². The van der Waals surface area contributed by atoms with Gasteiger partial charge < -0.3 is 5.32 Å². The molecule has 1 N–H and O–H groups in total. The van der Waals surface area contributed by atoms with Gasteiger partial charge in [0.2, 0.25) is 0 Å². The normalized spacial score (nSPS) is 17.4. The van der Waals surface area contributed by atoms with E-state index >= 15 is 0 Å². The SMILES string of the molecule is CNC(CCC1CC1)c1cc(Cl)ccc1I. The summed E-state index contributed by atoms with van der Waals surface area (Å²) in [4.78, 5) is 0. The molecule has 0 spiro atoms. The van der Waals surface area contributed by atoms with Gasteiger partial charge in [0.05, 0.1) is 0 Å². The fraction of sp³-hybridized carbons (Fsp3) is 0.538. The zero-order chi connectivity index (χ0) is 11.5. The van der Waals surface area contributed by atoms with Gasteiger partial charge in [0.1, 0.15) is 0 Å². The summed E-state index contributed by atoms with van der Waals surface area (Å²) >= 11 is 8.45. The summed E-state index contributed by atoms with van der Waals surface area (Å²) in [6.45, 7) is 0. The van der Waals surface area contributed by atoms with Gasteiger partial charge in [-0.2, -0.15) is 0 Å². The minimum atomic E-state index is 0.450. The molecule has 1 fully saturated rings. The molecule has 1 saturated carbocycles. The molecular weight excluding hydrogens is 333 g/mol. The third-order valence-electron chi connectivity index (χ3n) is 3.24. The van der Waals surface area contributed by atoms with E-state index < -0.39 is 0 Å². The molecule has 0 saturated heterocycles. The molecule has 0 amide bonds. The molecular formula is C13H17ClIN. The Morgan fingerprint density at radius 3 is 2.88 bits per heavy atom. The molecule has 1 aromatic carbocycles. The number of nitrogens with one attached hydrogen (secondary N) is 1. The number of hydrogen-bond acceptors (Lipinski definition) is 1. The summed E-state index contributed by atoms with van der Waals surface area (Å²) in [5.74, 6) is 0.993. The molecule has 0 aliphatic heterocycles. The number of benzene rings is 1. The van der Waals surface area contributed by atoms with Crippen molar-refractivity contribution in [3.05, 3.63) is 32.4 Å². The fourth-order valence-electron chi connectivity index (χ4n) is 2.05. The lowest BCUT2D eigenvalue weighted by atomic mass is 10.0. The van der Waals surface area contributed by atoms with Crippen molar-refractivity contribution in [3.8, 4) is 0 Å². The average molecular weight is 350 g/mol. The zero-order valence-electron chi connectivity index (χ0n) is 9.47. The molecule has 1 nitrogen and oxygen atoms in total. The van der Waals surface area contributed by atoms with Gasteiger partial charge in [0.25, 0.3) is 0 Å². The third kappa shape index (κ3) is 3.34. The van der Waals surface area contributed by atoms with E-state index in [4.69, 9.17) is 11.6 Å². The molecule has 0 radical (unpaired) electrons. The molecule has 1 aliphatic rings. The van der Waals surface area contributed by atoms with Crippen molar-refractivity contribution in [1.29, 1.82) is 0 Å². The highest BCUT2D eigenvalue weighted by molar-refractivity contribution is 14.1. The second kappa shape index (κ2) is 5.69. The molecule has 16 heavy (non-hydrogen) atoms. The van der Waals surface area contributed by atoms with Crippen LogP contribution in [0.25, 0.3) is 0 Å². The van der Waals surface area contributed by atoms with Crippen LogP contribution in [-0.4, -0.2) is 7.05 Å². The molecule has 0 aromatic heterocycles. The van der Waals surface area contributed by atoms with Gasteiger partial charge in [-0.15, -0.1) is 0 Å². The van der Waals surface area contributed by atoms with Gasteiger partial charge in [0.15, 0.2) is 0 Å². The van der Waals surface area contributed by atoms with Gasteiger partial charge in [-0.3, -0.25) is 0 Å². The van der Waals surface area contributed by atoms with E-state index in [0.29, 0.717) is 6.04 Å². The Balaban J connectivity index is 2.07. The fourth-order valence-corrected chi connectivity index (χ4v) is 2.94. The van der Waals surface area contributed by atoms with Crippen LogP contribution in [0, 0.1) is 9.49 Å². The molecule has 1 unspecified atom stereocenters. The summed E-state index contributed by atoms with van der Waals surface area (Å²) in [7, 11) is 2.04. The smallest absolute Gasteiger partial charge is 0.0410 e. The summed E-state index contributed by atoms with van der Waals surface area (Å²) in [5.41, 5.74) is 1.34. The van der Waals surface area contributed by atoms with Crippen LogP contribution in [0.2, 0.25) is 5.02 Å². The average Bonchev–Trinajstić information content (AvgIpc) is 3.07. The van der Waals surface area contributed by atoms with Gasteiger partial charge in [0, 0.05) is 14.6 Å². The van der Waals surface area contributed by atoms with Crippen molar-refractivity contribution in [2.75, 3.05) is 7.05 Å². The van der Waals surface area contributed by atoms with Crippen molar-refractivity contribution >= 4 is 34.2 Å². The van der Waals surface area contributed by atoms with E-state index in [0.717, 1.165) is 10.9 Å². The molecule has 0 bridgehead atoms. The Labute approximate surface area is 116 Å². The van der Waals surface area contributed by atoms with Crippen molar-refractivity contribution in [2.24, 2.45) is 5.92 Å². The minimum absolute atomic E-state index is 0.450. The predicted octanol–water partition coefficient (Wildman–Crippen LogP) is 4.40. The lowest BCUT2D eigenvalue weighted by Gasteiger charge is -2.18. The summed E-state index contributed by atoms with van der Waals surface area (Å²) in [6.07, 6.45) is 5.43. The Bertz CT molecular complexity index is 363. The van der Waals surface area contributed by atoms with Crippen LogP contribution in [0.3, 0.4) is 0 Å². The van der Waals surface area contributed by atoms with E-state index in [1.165, 1.54) is 34.8 Å². The lowest BCUT2D eigenvalue weighted by Crippen LogP contribution is -2.17. The predicted molar refractivity (Wildman–Crippen MR) is 77.9 cm³/mol. The molecule has 1 atom stereocenters. The summed E-state index contributed by atoms with van der Waals surface area (Å²) < 4.78 is 1.30. The molecule has 1 aliphatic carbocycles. The Kier molecular flexibility index (Phi) is 4.50. The monoisotopic (exact) mass is 349 g/mol. The number of hydrogen-bond donors (Lipinski definition) is 1. The van der Waals surface area contributed by atoms with Gasteiger partial charge in [-0.25, -0.2) is 0 Å². The summed E-state index contributed by atoms with van der Waals surface area (Å²) in [6, 6.07) is 6.60. The van der Waals surface area contributed by atoms with Crippen LogP contribution in [-0.2, 0) is 0 Å². The number of halogens is 2. The first-order valence-electron chi connectivity index (χ1n) is 5.83. The first kappa shape index (κ1) is 12.7. The lowest BCUT2D eigenvalue weighted by molar-refractivity contribution is 0.505. The van der Waals surface area contributed by atoms with E-state index in [2.05, 4.69) is 40.0 Å². The van der Waals surface area contributed by atoms with E-state index in [1.807, 2.05) is 13.1 Å². The molecule has 1 aromatic rings. The van der Waals surface area contributed by atoms with Crippen LogP contribution in [0.5, 0.6) is 0 Å². The standard InChI is InChI=1S/C13H17ClIN/c1-16-13(7-4-9-2-3-9)11-8-10(14)5-6-12(11)15/h5-6,8-9,13,16H,2-4,7H2,1H3. The summed E-state index contributed by atoms with van der Waals surface area (Å²) in [5, 5.41) is 4.24. The van der Waals surface area contributed by atoms with Crippen LogP contribution in [0.1, 0.15) is 37.3 Å². The van der Waals surface area contributed by atoms with E-state index in [1.54, 1.807) is 0 Å². The highest BCUT2D eigenvalue weighted by Crippen LogP contribution is 2.36. The zero-order valence-corrected chi connectivity index (χ0v) is 12.4. The maximum atomic E-state index is 6.06. The van der Waals surface area contributed by atoms with Crippen molar-refractivity contribution in [3.63, 3.8) is 0 Å². The maximum absolute atomic E-state index is 6.06. The van der Waals surface area contributed by atoms with E-state index in [9.17, 15) is 0 Å². The molecule has 2 rings (SSSR count). The second-order valence-electron chi connectivity index (χ2n) is 4.53. The quantitative estimate of drug-likeness (QED) is 0.777. The molecule has 88 valence electrons. The Morgan fingerprint density at radius 1 is 1.50 bits per heavy atom. The van der Waals surface area contributed by atoms with Crippen LogP contribution < -0.4 is 5.32 Å². The first-order chi connectivity index (χ1) is 7.70. The Hall–Kier alpha value is 0.200. The number of rotatable bonds is 5. The van der Waals surface area contributed by atoms with Gasteiger partial charge in [-0.1, -0.05) is 24.4 Å². The van der Waals surface area contributed by atoms with Crippen molar-refractivity contribution < 1.29 is 0 Å². The maximum Gasteiger partial charge on any atom is 0.0410 e. The van der Waals surface area contributed by atoms with Crippen LogP contribution in [0.4, 0.5) is 0 Å². The molecule has 3 heteroatoms. The van der Waals surface area contributed by atoms with Crippen molar-refractivity contribution in [2.45, 2.75) is 31.7 Å². The largest absolute Gasteiger partial charge is 0.313 e. The van der Waals surface area contributed by atoms with Crippen LogP contribution in [0.15, 0.2) is 18.2 Å².